The summed E-state index contributed by atoms with van der Waals surface area (Å²) in [5, 5.41) is 6.36. The third-order valence-corrected chi connectivity index (χ3v) is 3.48. The molecule has 3 amide bonds. The molecule has 1 heterocycles. The zero-order valence-corrected chi connectivity index (χ0v) is 12.5. The predicted octanol–water partition coefficient (Wildman–Crippen LogP) is -2.65. The van der Waals surface area contributed by atoms with Crippen LogP contribution in [0.25, 0.3) is 0 Å². The van der Waals surface area contributed by atoms with Crippen molar-refractivity contribution in [2.75, 3.05) is 0 Å². The van der Waals surface area contributed by atoms with Crippen LogP contribution in [0.4, 0.5) is 0 Å². The number of nitrogens with two attached hydrogens (primary N) is 3. The van der Waals surface area contributed by atoms with Crippen molar-refractivity contribution in [3.8, 4) is 0 Å². The molecule has 0 aliphatic heterocycles. The Hall–Kier alpha value is -2.73. The average molecular weight is 346 g/mol. The van der Waals surface area contributed by atoms with E-state index in [0.717, 1.165) is 12.3 Å². The highest BCUT2D eigenvalue weighted by Crippen LogP contribution is 2.12. The fourth-order valence-electron chi connectivity index (χ4n) is 1.51. The Morgan fingerprint density at radius 3 is 2.26 bits per heavy atom. The number of nitrogens with one attached hydrogen (secondary N) is 1. The van der Waals surface area contributed by atoms with Gasteiger partial charge in [-0.1, -0.05) is 0 Å². The van der Waals surface area contributed by atoms with Gasteiger partial charge in [-0.3, -0.25) is 19.2 Å². The number of primary amides is 2. The molecule has 1 aromatic rings. The summed E-state index contributed by atoms with van der Waals surface area (Å²) in [6.07, 6.45) is 0.182. The van der Waals surface area contributed by atoms with Gasteiger partial charge in [-0.15, -0.1) is 0 Å². The Kier molecular flexibility index (Phi) is 5.59. The number of rotatable bonds is 8. The molecule has 1 rings (SSSR count). The van der Waals surface area contributed by atoms with E-state index in [2.05, 4.69) is 9.73 Å². The fraction of sp³-hybridized carbons (Fsp3) is 0.273. The number of sulfonamides is 1. The molecule has 1 unspecified atom stereocenters. The number of ketones is 1. The van der Waals surface area contributed by atoms with Crippen LogP contribution in [0.3, 0.4) is 0 Å². The van der Waals surface area contributed by atoms with E-state index in [1.807, 2.05) is 0 Å². The third-order valence-electron chi connectivity index (χ3n) is 2.70. The van der Waals surface area contributed by atoms with Crippen LogP contribution in [0.2, 0.25) is 0 Å². The number of Topliss-reactive ketones (excluding diaryl/α,β-unsaturated/α-hetero) is 1. The number of amides is 3. The molecule has 1 aromatic heterocycles. The zero-order chi connectivity index (χ0) is 17.8. The van der Waals surface area contributed by atoms with E-state index < -0.39 is 51.1 Å². The van der Waals surface area contributed by atoms with E-state index in [0.29, 0.717) is 0 Å². The van der Waals surface area contributed by atoms with Crippen LogP contribution in [0, 0.1) is 0 Å². The normalized spacial score (nSPS) is 12.4. The second kappa shape index (κ2) is 7.02. The molecule has 126 valence electrons. The predicted molar refractivity (Wildman–Crippen MR) is 74.0 cm³/mol. The summed E-state index contributed by atoms with van der Waals surface area (Å²) >= 11 is 0. The van der Waals surface area contributed by atoms with E-state index in [4.69, 9.17) is 16.6 Å². The van der Waals surface area contributed by atoms with E-state index >= 15 is 0 Å². The molecule has 23 heavy (non-hydrogen) atoms. The SMILES string of the molecule is NC(=O)C(=O)CCC(NC(=O)c1coc(S(N)(=O)=O)c1)C(N)=O. The Bertz CT molecular complexity index is 752. The first-order valence-electron chi connectivity index (χ1n) is 6.06. The van der Waals surface area contributed by atoms with Gasteiger partial charge in [-0.25, -0.2) is 13.6 Å². The Balaban J connectivity index is 2.78. The lowest BCUT2D eigenvalue weighted by molar-refractivity contribution is -0.136. The highest BCUT2D eigenvalue weighted by molar-refractivity contribution is 7.89. The van der Waals surface area contributed by atoms with Gasteiger partial charge < -0.3 is 21.2 Å². The van der Waals surface area contributed by atoms with Gasteiger partial charge >= 0.3 is 0 Å². The second-order valence-corrected chi connectivity index (χ2v) is 5.95. The lowest BCUT2D eigenvalue weighted by Crippen LogP contribution is -2.45. The summed E-state index contributed by atoms with van der Waals surface area (Å²) in [5.41, 5.74) is 9.62. The summed E-state index contributed by atoms with van der Waals surface area (Å²) in [4.78, 5) is 44.9. The maximum atomic E-state index is 11.9. The lowest BCUT2D eigenvalue weighted by Gasteiger charge is -2.13. The highest BCUT2D eigenvalue weighted by Gasteiger charge is 2.23. The third kappa shape index (κ3) is 5.19. The van der Waals surface area contributed by atoms with Crippen molar-refractivity contribution in [1.29, 1.82) is 0 Å². The first kappa shape index (κ1) is 18.3. The van der Waals surface area contributed by atoms with E-state index in [1.165, 1.54) is 0 Å². The Labute approximate surface area is 130 Å². The monoisotopic (exact) mass is 346 g/mol. The summed E-state index contributed by atoms with van der Waals surface area (Å²) in [7, 11) is -4.13. The van der Waals surface area contributed by atoms with Crippen molar-refractivity contribution in [2.45, 2.75) is 24.0 Å². The minimum atomic E-state index is -4.13. The first-order chi connectivity index (χ1) is 10.5. The minimum Gasteiger partial charge on any atom is -0.451 e. The van der Waals surface area contributed by atoms with Gasteiger partial charge in [0, 0.05) is 12.5 Å². The summed E-state index contributed by atoms with van der Waals surface area (Å²) in [6.45, 7) is 0. The van der Waals surface area contributed by atoms with Crippen molar-refractivity contribution in [3.63, 3.8) is 0 Å². The first-order valence-corrected chi connectivity index (χ1v) is 7.61. The van der Waals surface area contributed by atoms with E-state index in [-0.39, 0.29) is 12.0 Å². The highest BCUT2D eigenvalue weighted by atomic mass is 32.2. The molecule has 0 saturated heterocycles. The maximum absolute atomic E-state index is 11.9. The van der Waals surface area contributed by atoms with Gasteiger partial charge in [0.2, 0.25) is 16.8 Å². The Morgan fingerprint density at radius 1 is 1.22 bits per heavy atom. The van der Waals surface area contributed by atoms with Crippen LogP contribution in [0.15, 0.2) is 21.8 Å². The van der Waals surface area contributed by atoms with Crippen LogP contribution in [-0.4, -0.2) is 38.0 Å². The van der Waals surface area contributed by atoms with Crippen LogP contribution in [-0.2, 0) is 24.4 Å². The number of carbonyl (C=O) groups is 4. The molecule has 11 nitrogen and oxygen atoms in total. The molecule has 0 aliphatic rings. The molecule has 0 aliphatic carbocycles. The summed E-state index contributed by atoms with van der Waals surface area (Å²) in [5.74, 6) is -3.93. The minimum absolute atomic E-state index is 0.221. The largest absolute Gasteiger partial charge is 0.451 e. The molecular weight excluding hydrogens is 332 g/mol. The number of carbonyl (C=O) groups excluding carboxylic acids is 4. The van der Waals surface area contributed by atoms with Crippen LogP contribution < -0.4 is 21.9 Å². The molecule has 0 spiro atoms. The van der Waals surface area contributed by atoms with Crippen molar-refractivity contribution >= 4 is 33.5 Å². The quantitative estimate of drug-likeness (QED) is 0.367. The maximum Gasteiger partial charge on any atom is 0.284 e. The lowest BCUT2D eigenvalue weighted by atomic mass is 10.1. The molecule has 0 aromatic carbocycles. The second-order valence-electron chi connectivity index (χ2n) is 4.45. The van der Waals surface area contributed by atoms with Crippen molar-refractivity contribution in [3.05, 3.63) is 17.9 Å². The van der Waals surface area contributed by atoms with Gasteiger partial charge in [0.1, 0.15) is 12.3 Å². The van der Waals surface area contributed by atoms with Gasteiger partial charge in [-0.05, 0) is 6.42 Å². The van der Waals surface area contributed by atoms with Gasteiger partial charge in [-0.2, -0.15) is 0 Å². The molecule has 1 atom stereocenters. The molecule has 7 N–H and O–H groups in total. The van der Waals surface area contributed by atoms with Crippen LogP contribution in [0.5, 0.6) is 0 Å². The van der Waals surface area contributed by atoms with Gasteiger partial charge in [0.05, 0.1) is 5.56 Å². The molecular formula is C11H14N4O7S. The fourth-order valence-corrected chi connectivity index (χ4v) is 1.98. The van der Waals surface area contributed by atoms with Crippen molar-refractivity contribution in [2.24, 2.45) is 16.6 Å². The molecule has 0 bridgehead atoms. The average Bonchev–Trinajstić information content (AvgIpc) is 2.92. The topological polar surface area (TPSA) is 206 Å². The van der Waals surface area contributed by atoms with E-state index in [9.17, 15) is 27.6 Å². The summed E-state index contributed by atoms with van der Waals surface area (Å²) in [6, 6.07) is -0.407. The molecule has 0 fully saturated rings. The van der Waals surface area contributed by atoms with E-state index in [1.54, 1.807) is 0 Å². The number of hydrogen-bond acceptors (Lipinski definition) is 7. The molecule has 0 saturated carbocycles. The molecule has 12 heteroatoms. The van der Waals surface area contributed by atoms with Gasteiger partial charge in [0.25, 0.3) is 21.8 Å². The Morgan fingerprint density at radius 2 is 1.83 bits per heavy atom. The van der Waals surface area contributed by atoms with Crippen LogP contribution >= 0.6 is 0 Å². The molecule has 0 radical (unpaired) electrons. The van der Waals surface area contributed by atoms with Crippen molar-refractivity contribution < 1.29 is 32.0 Å². The smallest absolute Gasteiger partial charge is 0.284 e. The standard InChI is InChI=1S/C11H14N4O7S/c12-9(17)6(1-2-7(16)10(13)18)15-11(19)5-3-8(22-4-5)23(14,20)21/h3-4,6H,1-2H2,(H2,12,17)(H2,13,18)(H,15,19)(H2,14,20,21). The van der Waals surface area contributed by atoms with Crippen LogP contribution in [0.1, 0.15) is 23.2 Å². The number of primary sulfonamides is 1. The summed E-state index contributed by atoms with van der Waals surface area (Å²) < 4.78 is 26.7. The number of furan rings is 1. The zero-order valence-electron chi connectivity index (χ0n) is 11.6. The van der Waals surface area contributed by atoms with Crippen molar-refractivity contribution in [1.82, 2.24) is 5.32 Å². The number of hydrogen-bond donors (Lipinski definition) is 4. The van der Waals surface area contributed by atoms with Gasteiger partial charge in [0.15, 0.2) is 0 Å².